The predicted octanol–water partition coefficient (Wildman–Crippen LogP) is 4.64. The van der Waals surface area contributed by atoms with E-state index in [9.17, 15) is 9.70 Å². The van der Waals surface area contributed by atoms with Gasteiger partial charge in [0.25, 0.3) is 5.91 Å². The summed E-state index contributed by atoms with van der Waals surface area (Å²) in [7, 11) is 0. The first-order valence-corrected chi connectivity index (χ1v) is 9.94. The van der Waals surface area contributed by atoms with Crippen molar-refractivity contribution >= 4 is 11.6 Å². The maximum Gasteiger partial charge on any atom is 0.251 e. The number of imidazole rings is 1. The van der Waals surface area contributed by atoms with Gasteiger partial charge in [0, 0.05) is 42.8 Å². The second-order valence-electron chi connectivity index (χ2n) is 7.33. The van der Waals surface area contributed by atoms with Crippen LogP contribution in [0.1, 0.15) is 59.8 Å². The number of carbonyl (C=O) groups is 1. The molecule has 0 radical (unpaired) electrons. The summed E-state index contributed by atoms with van der Waals surface area (Å²) in [4.78, 5) is 32.7. The Balaban J connectivity index is 1.60. The number of aromatic nitrogens is 3. The highest BCUT2D eigenvalue weighted by atomic mass is 16.3. The van der Waals surface area contributed by atoms with Crippen molar-refractivity contribution in [3.8, 4) is 5.69 Å². The van der Waals surface area contributed by atoms with E-state index in [1.807, 2.05) is 22.9 Å². The van der Waals surface area contributed by atoms with E-state index < -0.39 is 0 Å². The zero-order valence-corrected chi connectivity index (χ0v) is 16.1. The molecule has 148 valence electrons. The van der Waals surface area contributed by atoms with Crippen LogP contribution in [0, 0.1) is 4.91 Å². The number of pyridine rings is 1. The molecule has 0 bridgehead atoms. The molecule has 7 nitrogen and oxygen atoms in total. The van der Waals surface area contributed by atoms with Crippen LogP contribution in [0.4, 0.5) is 5.69 Å². The molecular formula is C22H23N5O2. The summed E-state index contributed by atoms with van der Waals surface area (Å²) >= 11 is 0. The van der Waals surface area contributed by atoms with Gasteiger partial charge in [0.05, 0.1) is 5.69 Å². The lowest BCUT2D eigenvalue weighted by atomic mass is 9.88. The average Bonchev–Trinajstić information content (AvgIpc) is 3.28. The van der Waals surface area contributed by atoms with Gasteiger partial charge in [0.1, 0.15) is 11.5 Å². The molecule has 1 aliphatic rings. The third-order valence-corrected chi connectivity index (χ3v) is 5.41. The average molecular weight is 389 g/mol. The second-order valence-corrected chi connectivity index (χ2v) is 7.33. The zero-order valence-electron chi connectivity index (χ0n) is 16.1. The van der Waals surface area contributed by atoms with Crippen molar-refractivity contribution in [3.05, 3.63) is 77.0 Å². The van der Waals surface area contributed by atoms with Gasteiger partial charge in [-0.3, -0.25) is 9.78 Å². The summed E-state index contributed by atoms with van der Waals surface area (Å²) in [6, 6.07) is 8.65. The van der Waals surface area contributed by atoms with Gasteiger partial charge >= 0.3 is 0 Å². The maximum atomic E-state index is 12.7. The Morgan fingerprint density at radius 3 is 2.79 bits per heavy atom. The van der Waals surface area contributed by atoms with Gasteiger partial charge in [-0.1, -0.05) is 25.3 Å². The smallest absolute Gasteiger partial charge is 0.251 e. The van der Waals surface area contributed by atoms with Gasteiger partial charge in [0.2, 0.25) is 0 Å². The molecule has 4 rings (SSSR count). The molecule has 1 amide bonds. The lowest BCUT2D eigenvalue weighted by Crippen LogP contribution is -2.23. The number of nitrogens with one attached hydrogen (secondary N) is 1. The summed E-state index contributed by atoms with van der Waals surface area (Å²) in [5.41, 5.74) is 2.28. The van der Waals surface area contributed by atoms with E-state index in [1.54, 1.807) is 36.8 Å². The van der Waals surface area contributed by atoms with E-state index in [1.165, 1.54) is 19.3 Å². The number of nitroso groups, excluding NO2 is 1. The lowest BCUT2D eigenvalue weighted by molar-refractivity contribution is 0.0951. The van der Waals surface area contributed by atoms with Crippen LogP contribution in [0.15, 0.2) is 60.3 Å². The number of rotatable bonds is 6. The summed E-state index contributed by atoms with van der Waals surface area (Å²) < 4.78 is 1.91. The van der Waals surface area contributed by atoms with Crippen molar-refractivity contribution in [1.29, 1.82) is 0 Å². The molecule has 2 heterocycles. The summed E-state index contributed by atoms with van der Waals surface area (Å²) in [6.45, 7) is 0.383. The minimum atomic E-state index is -0.216. The molecule has 1 saturated carbocycles. The van der Waals surface area contributed by atoms with Crippen LogP contribution < -0.4 is 5.32 Å². The Morgan fingerprint density at radius 2 is 2.03 bits per heavy atom. The molecule has 1 N–H and O–H groups in total. The van der Waals surface area contributed by atoms with Crippen molar-refractivity contribution in [2.75, 3.05) is 0 Å². The third kappa shape index (κ3) is 4.23. The molecule has 7 heteroatoms. The zero-order chi connectivity index (χ0) is 20.1. The van der Waals surface area contributed by atoms with Crippen molar-refractivity contribution in [3.63, 3.8) is 0 Å². The van der Waals surface area contributed by atoms with Crippen molar-refractivity contribution < 1.29 is 4.79 Å². The Morgan fingerprint density at radius 1 is 1.17 bits per heavy atom. The molecule has 3 aromatic rings. The van der Waals surface area contributed by atoms with E-state index in [2.05, 4.69) is 20.5 Å². The van der Waals surface area contributed by atoms with Gasteiger partial charge in [0.15, 0.2) is 0 Å². The first-order valence-electron chi connectivity index (χ1n) is 9.94. The van der Waals surface area contributed by atoms with E-state index >= 15 is 0 Å². The number of nitrogens with zero attached hydrogens (tertiary/aromatic N) is 4. The standard InChI is InChI=1S/C22H23N5O2/c28-22(25-15-16-5-4-10-23-14-16)18-8-9-19(26-29)20(13-18)27-12-11-24-21(27)17-6-2-1-3-7-17/h4-5,8-14,17H,1-3,6-7,15H2,(H,25,28). The molecule has 0 aliphatic heterocycles. The minimum absolute atomic E-state index is 0.216. The van der Waals surface area contributed by atoms with Crippen LogP contribution in [0.5, 0.6) is 0 Å². The highest BCUT2D eigenvalue weighted by Crippen LogP contribution is 2.34. The SMILES string of the molecule is O=Nc1ccc(C(=O)NCc2cccnc2)cc1-n1ccnc1C1CCCCC1. The third-order valence-electron chi connectivity index (χ3n) is 5.41. The number of benzene rings is 1. The number of carbonyl (C=O) groups excluding carboxylic acids is 1. The molecule has 0 atom stereocenters. The van der Waals surface area contributed by atoms with Crippen LogP contribution in [0.3, 0.4) is 0 Å². The van der Waals surface area contributed by atoms with Gasteiger partial charge in [-0.05, 0) is 47.8 Å². The Bertz CT molecular complexity index is 993. The Hall–Kier alpha value is -3.35. The van der Waals surface area contributed by atoms with Gasteiger partial charge in [-0.2, -0.15) is 0 Å². The van der Waals surface area contributed by atoms with Crippen molar-refractivity contribution in [1.82, 2.24) is 19.9 Å². The van der Waals surface area contributed by atoms with E-state index in [0.29, 0.717) is 29.4 Å². The van der Waals surface area contributed by atoms with E-state index in [4.69, 9.17) is 0 Å². The van der Waals surface area contributed by atoms with Gasteiger partial charge < -0.3 is 9.88 Å². The van der Waals surface area contributed by atoms with Crippen LogP contribution >= 0.6 is 0 Å². The quantitative estimate of drug-likeness (QED) is 0.622. The molecule has 2 aromatic heterocycles. The number of hydrogen-bond donors (Lipinski definition) is 1. The molecule has 1 aromatic carbocycles. The second kappa shape index (κ2) is 8.77. The summed E-state index contributed by atoms with van der Waals surface area (Å²) in [5, 5.41) is 6.06. The molecule has 0 spiro atoms. The first kappa shape index (κ1) is 19.0. The van der Waals surface area contributed by atoms with Crippen molar-refractivity contribution in [2.45, 2.75) is 44.6 Å². The largest absolute Gasteiger partial charge is 0.348 e. The number of amides is 1. The van der Waals surface area contributed by atoms with Gasteiger partial charge in [-0.15, -0.1) is 4.91 Å². The minimum Gasteiger partial charge on any atom is -0.348 e. The lowest BCUT2D eigenvalue weighted by Gasteiger charge is -2.22. The van der Waals surface area contributed by atoms with Crippen LogP contribution in [0.25, 0.3) is 5.69 Å². The Labute approximate surface area is 169 Å². The monoisotopic (exact) mass is 389 g/mol. The normalized spacial score (nSPS) is 14.5. The van der Waals surface area contributed by atoms with Gasteiger partial charge in [-0.25, -0.2) is 4.98 Å². The molecule has 29 heavy (non-hydrogen) atoms. The predicted molar refractivity (Wildman–Crippen MR) is 110 cm³/mol. The topological polar surface area (TPSA) is 89.2 Å². The fourth-order valence-electron chi connectivity index (χ4n) is 3.90. The number of hydrogen-bond acceptors (Lipinski definition) is 5. The molecule has 1 aliphatic carbocycles. The van der Waals surface area contributed by atoms with E-state index in [0.717, 1.165) is 24.2 Å². The maximum absolute atomic E-state index is 12.7. The van der Waals surface area contributed by atoms with Crippen LogP contribution in [0.2, 0.25) is 0 Å². The molecule has 0 saturated heterocycles. The molecule has 0 unspecified atom stereocenters. The van der Waals surface area contributed by atoms with Crippen LogP contribution in [-0.2, 0) is 6.54 Å². The van der Waals surface area contributed by atoms with E-state index in [-0.39, 0.29) is 5.91 Å². The van der Waals surface area contributed by atoms with Crippen molar-refractivity contribution in [2.24, 2.45) is 5.18 Å². The molecular weight excluding hydrogens is 366 g/mol. The fraction of sp³-hybridized carbons (Fsp3) is 0.318. The highest BCUT2D eigenvalue weighted by molar-refractivity contribution is 5.95. The molecule has 1 fully saturated rings. The first-order chi connectivity index (χ1) is 14.3. The highest BCUT2D eigenvalue weighted by Gasteiger charge is 2.22. The summed E-state index contributed by atoms with van der Waals surface area (Å²) in [5.74, 6) is 1.08. The van der Waals surface area contributed by atoms with Crippen LogP contribution in [-0.4, -0.2) is 20.4 Å². The Kier molecular flexibility index (Phi) is 5.74. The summed E-state index contributed by atoms with van der Waals surface area (Å²) in [6.07, 6.45) is 12.8. The fourth-order valence-corrected chi connectivity index (χ4v) is 3.90.